The predicted octanol–water partition coefficient (Wildman–Crippen LogP) is 2.38. The zero-order valence-electron chi connectivity index (χ0n) is 10.6. The van der Waals surface area contributed by atoms with Gasteiger partial charge in [-0.15, -0.1) is 0 Å². The summed E-state index contributed by atoms with van der Waals surface area (Å²) in [7, 11) is 0. The Hall–Kier alpha value is -2.61. The van der Waals surface area contributed by atoms with Crippen molar-refractivity contribution in [2.75, 3.05) is 12.1 Å². The minimum atomic E-state index is -0.571. The van der Waals surface area contributed by atoms with Crippen LogP contribution in [0.5, 0.6) is 11.5 Å². The monoisotopic (exact) mass is 308 g/mol. The molecule has 8 nitrogen and oxygen atoms in total. The molecule has 0 radical (unpaired) electrons. The predicted molar refractivity (Wildman–Crippen MR) is 73.6 cm³/mol. The van der Waals surface area contributed by atoms with Gasteiger partial charge in [0.2, 0.25) is 17.9 Å². The lowest BCUT2D eigenvalue weighted by atomic mass is 10.2. The van der Waals surface area contributed by atoms with Gasteiger partial charge in [-0.2, -0.15) is 4.98 Å². The van der Waals surface area contributed by atoms with Gasteiger partial charge in [0.25, 0.3) is 0 Å². The highest BCUT2D eigenvalue weighted by atomic mass is 35.5. The molecular weight excluding hydrogens is 300 g/mol. The van der Waals surface area contributed by atoms with E-state index in [4.69, 9.17) is 21.1 Å². The number of anilines is 1. The van der Waals surface area contributed by atoms with Gasteiger partial charge in [0.15, 0.2) is 11.5 Å². The van der Waals surface area contributed by atoms with Gasteiger partial charge >= 0.3 is 5.69 Å². The summed E-state index contributed by atoms with van der Waals surface area (Å²) in [6.07, 6.45) is 1.07. The molecule has 21 heavy (non-hydrogen) atoms. The largest absolute Gasteiger partial charge is 0.454 e. The van der Waals surface area contributed by atoms with Crippen molar-refractivity contribution in [1.82, 2.24) is 9.97 Å². The molecule has 1 N–H and O–H groups in total. The van der Waals surface area contributed by atoms with Gasteiger partial charge in [0.1, 0.15) is 6.20 Å². The van der Waals surface area contributed by atoms with Crippen molar-refractivity contribution in [3.63, 3.8) is 0 Å². The number of ether oxygens (including phenoxy) is 2. The van der Waals surface area contributed by atoms with E-state index in [-0.39, 0.29) is 23.6 Å². The number of nitrogens with zero attached hydrogens (tertiary/aromatic N) is 3. The lowest BCUT2D eigenvalue weighted by molar-refractivity contribution is -0.384. The van der Waals surface area contributed by atoms with E-state index in [0.29, 0.717) is 18.0 Å². The van der Waals surface area contributed by atoms with Crippen LogP contribution in [-0.2, 0) is 6.54 Å². The first-order valence-electron chi connectivity index (χ1n) is 5.93. The number of rotatable bonds is 4. The molecule has 2 aromatic rings. The van der Waals surface area contributed by atoms with E-state index < -0.39 is 4.92 Å². The molecule has 0 saturated heterocycles. The SMILES string of the molecule is O=[N+]([O-])c1cnc(Cl)nc1NCc1ccc2c(c1)OCO2. The van der Waals surface area contributed by atoms with Crippen LogP contribution in [0.2, 0.25) is 5.28 Å². The molecule has 0 saturated carbocycles. The number of benzene rings is 1. The van der Waals surface area contributed by atoms with Crippen molar-refractivity contribution in [3.8, 4) is 11.5 Å². The normalized spacial score (nSPS) is 12.2. The van der Waals surface area contributed by atoms with Crippen molar-refractivity contribution in [2.45, 2.75) is 6.54 Å². The summed E-state index contributed by atoms with van der Waals surface area (Å²) in [4.78, 5) is 17.8. The van der Waals surface area contributed by atoms with Crippen LogP contribution in [0.15, 0.2) is 24.4 Å². The second-order valence-electron chi connectivity index (χ2n) is 4.17. The highest BCUT2D eigenvalue weighted by Crippen LogP contribution is 2.32. The molecule has 0 bridgehead atoms. The molecule has 1 aliphatic rings. The molecule has 0 unspecified atom stereocenters. The first-order valence-corrected chi connectivity index (χ1v) is 6.30. The molecule has 0 fully saturated rings. The molecule has 0 atom stereocenters. The van der Waals surface area contributed by atoms with E-state index in [1.165, 1.54) is 0 Å². The molecular formula is C12H9ClN4O4. The molecule has 1 aliphatic heterocycles. The summed E-state index contributed by atoms with van der Waals surface area (Å²) in [5.41, 5.74) is 0.628. The maximum absolute atomic E-state index is 10.9. The van der Waals surface area contributed by atoms with Gasteiger partial charge in [-0.3, -0.25) is 10.1 Å². The Labute approximate surface area is 123 Å². The van der Waals surface area contributed by atoms with E-state index in [1.807, 2.05) is 6.07 Å². The first kappa shape index (κ1) is 13.4. The number of nitrogens with one attached hydrogen (secondary N) is 1. The summed E-state index contributed by atoms with van der Waals surface area (Å²) in [6, 6.07) is 5.40. The smallest absolute Gasteiger partial charge is 0.329 e. The highest BCUT2D eigenvalue weighted by Gasteiger charge is 2.17. The molecule has 0 spiro atoms. The molecule has 9 heteroatoms. The van der Waals surface area contributed by atoms with Crippen LogP contribution in [0, 0.1) is 10.1 Å². The molecule has 1 aromatic carbocycles. The van der Waals surface area contributed by atoms with E-state index in [0.717, 1.165) is 11.8 Å². The van der Waals surface area contributed by atoms with Gasteiger partial charge in [-0.05, 0) is 29.3 Å². The maximum Gasteiger partial charge on any atom is 0.329 e. The van der Waals surface area contributed by atoms with Crippen molar-refractivity contribution in [1.29, 1.82) is 0 Å². The lowest BCUT2D eigenvalue weighted by Gasteiger charge is -2.07. The van der Waals surface area contributed by atoms with Gasteiger partial charge in [-0.25, -0.2) is 4.98 Å². The van der Waals surface area contributed by atoms with Gasteiger partial charge < -0.3 is 14.8 Å². The van der Waals surface area contributed by atoms with Crippen LogP contribution in [0.4, 0.5) is 11.5 Å². The number of halogens is 1. The third-order valence-electron chi connectivity index (χ3n) is 2.83. The standard InChI is InChI=1S/C12H9ClN4O4/c13-12-15-5-8(17(18)19)11(16-12)14-4-7-1-2-9-10(3-7)21-6-20-9/h1-3,5H,4,6H2,(H,14,15,16). The van der Waals surface area contributed by atoms with Crippen LogP contribution < -0.4 is 14.8 Å². The van der Waals surface area contributed by atoms with Crippen molar-refractivity contribution in [3.05, 3.63) is 45.4 Å². The van der Waals surface area contributed by atoms with Gasteiger partial charge in [-0.1, -0.05) is 6.07 Å². The van der Waals surface area contributed by atoms with E-state index in [1.54, 1.807) is 12.1 Å². The summed E-state index contributed by atoms with van der Waals surface area (Å²) in [5, 5.41) is 13.7. The third kappa shape index (κ3) is 2.79. The van der Waals surface area contributed by atoms with Crippen LogP contribution in [0.1, 0.15) is 5.56 Å². The number of aromatic nitrogens is 2. The Kier molecular flexibility index (Phi) is 3.44. The Bertz CT molecular complexity index is 710. The van der Waals surface area contributed by atoms with Crippen LogP contribution in [-0.4, -0.2) is 21.7 Å². The number of hydrogen-bond donors (Lipinski definition) is 1. The highest BCUT2D eigenvalue weighted by molar-refractivity contribution is 6.28. The molecule has 0 aliphatic carbocycles. The fraction of sp³-hybridized carbons (Fsp3) is 0.167. The summed E-state index contributed by atoms with van der Waals surface area (Å²) in [6.45, 7) is 0.518. The molecule has 1 aromatic heterocycles. The third-order valence-corrected chi connectivity index (χ3v) is 3.02. The lowest BCUT2D eigenvalue weighted by Crippen LogP contribution is -2.05. The summed E-state index contributed by atoms with van der Waals surface area (Å²) >= 11 is 5.66. The number of hydrogen-bond acceptors (Lipinski definition) is 7. The number of nitro groups is 1. The van der Waals surface area contributed by atoms with E-state index in [2.05, 4.69) is 15.3 Å². The second-order valence-corrected chi connectivity index (χ2v) is 4.51. The summed E-state index contributed by atoms with van der Waals surface area (Å²) in [5.74, 6) is 1.39. The minimum Gasteiger partial charge on any atom is -0.454 e. The Morgan fingerprint density at radius 1 is 1.38 bits per heavy atom. The number of fused-ring (bicyclic) bond motifs is 1. The first-order chi connectivity index (χ1) is 10.1. The van der Waals surface area contributed by atoms with E-state index in [9.17, 15) is 10.1 Å². The van der Waals surface area contributed by atoms with Crippen molar-refractivity contribution < 1.29 is 14.4 Å². The average Bonchev–Trinajstić information content (AvgIpc) is 2.92. The zero-order chi connectivity index (χ0) is 14.8. The van der Waals surface area contributed by atoms with E-state index >= 15 is 0 Å². The quantitative estimate of drug-likeness (QED) is 0.526. The molecule has 3 rings (SSSR count). The van der Waals surface area contributed by atoms with Crippen LogP contribution in [0.25, 0.3) is 0 Å². The second kappa shape index (κ2) is 5.41. The average molecular weight is 309 g/mol. The van der Waals surface area contributed by atoms with Crippen LogP contribution >= 0.6 is 11.6 Å². The van der Waals surface area contributed by atoms with Crippen LogP contribution in [0.3, 0.4) is 0 Å². The molecule has 0 amide bonds. The molecule has 108 valence electrons. The fourth-order valence-electron chi connectivity index (χ4n) is 1.85. The van der Waals surface area contributed by atoms with Gasteiger partial charge in [0.05, 0.1) is 4.92 Å². The Morgan fingerprint density at radius 2 is 2.19 bits per heavy atom. The van der Waals surface area contributed by atoms with Crippen molar-refractivity contribution in [2.24, 2.45) is 0 Å². The van der Waals surface area contributed by atoms with Gasteiger partial charge in [0, 0.05) is 6.54 Å². The maximum atomic E-state index is 10.9. The summed E-state index contributed by atoms with van der Waals surface area (Å²) < 4.78 is 10.5. The topological polar surface area (TPSA) is 99.4 Å². The van der Waals surface area contributed by atoms with Crippen molar-refractivity contribution >= 4 is 23.1 Å². The Morgan fingerprint density at radius 3 is 3.00 bits per heavy atom. The fourth-order valence-corrected chi connectivity index (χ4v) is 1.99. The molecule has 2 heterocycles. The zero-order valence-corrected chi connectivity index (χ0v) is 11.3. The minimum absolute atomic E-state index is 0.0613. The Balaban J connectivity index is 1.78.